The van der Waals surface area contributed by atoms with Crippen LogP contribution in [0.4, 0.5) is 0 Å². The molecule has 1 aromatic heterocycles. The Morgan fingerprint density at radius 1 is 1.03 bits per heavy atom. The molecule has 3 amide bonds. The molecular formula is C24H21ClN2O3S. The van der Waals surface area contributed by atoms with E-state index in [2.05, 4.69) is 5.32 Å². The minimum absolute atomic E-state index is 0.140. The molecule has 0 spiro atoms. The lowest BCUT2D eigenvalue weighted by Crippen LogP contribution is -2.33. The molecule has 0 bridgehead atoms. The summed E-state index contributed by atoms with van der Waals surface area (Å²) in [7, 11) is 0. The Bertz CT molecular complexity index is 1130. The van der Waals surface area contributed by atoms with Crippen molar-refractivity contribution < 1.29 is 14.4 Å². The van der Waals surface area contributed by atoms with Gasteiger partial charge in [-0.3, -0.25) is 19.3 Å². The first-order chi connectivity index (χ1) is 14.9. The predicted molar refractivity (Wildman–Crippen MR) is 122 cm³/mol. The van der Waals surface area contributed by atoms with Crippen molar-refractivity contribution in [2.24, 2.45) is 0 Å². The van der Waals surface area contributed by atoms with Crippen molar-refractivity contribution in [2.45, 2.75) is 25.8 Å². The van der Waals surface area contributed by atoms with Crippen LogP contribution in [-0.2, 0) is 4.79 Å². The molecule has 1 N–H and O–H groups in total. The van der Waals surface area contributed by atoms with E-state index in [1.54, 1.807) is 35.6 Å². The summed E-state index contributed by atoms with van der Waals surface area (Å²) in [5.74, 6) is -0.724. The van der Waals surface area contributed by atoms with Gasteiger partial charge in [0.15, 0.2) is 0 Å². The Kier molecular flexibility index (Phi) is 6.20. The molecule has 158 valence electrons. The molecule has 0 saturated heterocycles. The van der Waals surface area contributed by atoms with Crippen molar-refractivity contribution in [3.63, 3.8) is 0 Å². The Balaban J connectivity index is 1.38. The van der Waals surface area contributed by atoms with Crippen molar-refractivity contribution in [2.75, 3.05) is 6.54 Å². The van der Waals surface area contributed by atoms with Gasteiger partial charge in [-0.05, 0) is 65.6 Å². The lowest BCUT2D eigenvalue weighted by molar-refractivity contribution is -0.121. The molecule has 1 atom stereocenters. The Morgan fingerprint density at radius 2 is 1.77 bits per heavy atom. The van der Waals surface area contributed by atoms with Gasteiger partial charge in [-0.1, -0.05) is 35.4 Å². The molecule has 0 saturated carbocycles. The van der Waals surface area contributed by atoms with Crippen molar-refractivity contribution in [1.29, 1.82) is 0 Å². The average Bonchev–Trinajstić information content (AvgIpc) is 3.36. The topological polar surface area (TPSA) is 66.5 Å². The Hall–Kier alpha value is -2.96. The lowest BCUT2D eigenvalue weighted by Gasteiger charge is -2.19. The molecule has 1 aliphatic heterocycles. The Labute approximate surface area is 189 Å². The summed E-state index contributed by atoms with van der Waals surface area (Å²) < 4.78 is 0. The van der Waals surface area contributed by atoms with Crippen LogP contribution in [0.1, 0.15) is 56.3 Å². The summed E-state index contributed by atoms with van der Waals surface area (Å²) in [6.07, 6.45) is 0.605. The van der Waals surface area contributed by atoms with Crippen LogP contribution in [0.2, 0.25) is 5.02 Å². The maximum absolute atomic E-state index is 12.7. The minimum atomic E-state index is -0.294. The van der Waals surface area contributed by atoms with Gasteiger partial charge in [0.05, 0.1) is 17.2 Å². The van der Waals surface area contributed by atoms with Crippen LogP contribution in [0.5, 0.6) is 0 Å². The quantitative estimate of drug-likeness (QED) is 0.513. The third-order valence-corrected chi connectivity index (χ3v) is 6.25. The molecule has 31 heavy (non-hydrogen) atoms. The van der Waals surface area contributed by atoms with E-state index in [1.165, 1.54) is 4.90 Å². The Morgan fingerprint density at radius 3 is 2.48 bits per heavy atom. The molecule has 2 aromatic carbocycles. The van der Waals surface area contributed by atoms with Gasteiger partial charge in [0.2, 0.25) is 5.91 Å². The normalized spacial score (nSPS) is 13.9. The van der Waals surface area contributed by atoms with Gasteiger partial charge >= 0.3 is 0 Å². The van der Waals surface area contributed by atoms with Crippen LogP contribution in [0.15, 0.2) is 59.3 Å². The van der Waals surface area contributed by atoms with E-state index in [0.717, 1.165) is 16.7 Å². The number of benzene rings is 2. The third-order valence-electron chi connectivity index (χ3n) is 5.30. The van der Waals surface area contributed by atoms with E-state index < -0.39 is 0 Å². The number of fused-ring (bicyclic) bond motifs is 1. The smallest absolute Gasteiger partial charge is 0.261 e. The van der Waals surface area contributed by atoms with Gasteiger partial charge in [-0.25, -0.2) is 0 Å². The fraction of sp³-hybridized carbons (Fsp3) is 0.208. The first-order valence-corrected chi connectivity index (χ1v) is 11.3. The zero-order valence-corrected chi connectivity index (χ0v) is 18.5. The standard InChI is InChI=1S/C24H21ClN2O3S/c1-15-4-9-19-20(13-15)24(30)27(23(19)29)11-2-3-21(28)26-22(17-10-12-31-14-17)16-5-7-18(25)8-6-16/h4-10,12-14,22H,2-3,11H2,1H3,(H,26,28). The number of imide groups is 1. The van der Waals surface area contributed by atoms with Gasteiger partial charge in [0.1, 0.15) is 0 Å². The minimum Gasteiger partial charge on any atom is -0.345 e. The number of nitrogens with zero attached hydrogens (tertiary/aromatic N) is 1. The molecule has 2 heterocycles. The van der Waals surface area contributed by atoms with E-state index >= 15 is 0 Å². The maximum Gasteiger partial charge on any atom is 0.261 e. The van der Waals surface area contributed by atoms with Crippen LogP contribution in [0, 0.1) is 6.92 Å². The largest absolute Gasteiger partial charge is 0.345 e. The van der Waals surface area contributed by atoms with Crippen LogP contribution in [0.3, 0.4) is 0 Å². The second-order valence-electron chi connectivity index (χ2n) is 7.52. The number of rotatable bonds is 7. The number of halogens is 1. The molecule has 3 aromatic rings. The van der Waals surface area contributed by atoms with E-state index in [0.29, 0.717) is 22.6 Å². The molecule has 0 aliphatic carbocycles. The van der Waals surface area contributed by atoms with Gasteiger partial charge in [0, 0.05) is 18.0 Å². The molecule has 4 rings (SSSR count). The molecule has 0 radical (unpaired) electrons. The summed E-state index contributed by atoms with van der Waals surface area (Å²) in [5.41, 5.74) is 3.74. The monoisotopic (exact) mass is 452 g/mol. The van der Waals surface area contributed by atoms with Crippen molar-refractivity contribution in [3.8, 4) is 0 Å². The molecule has 0 fully saturated rings. The fourth-order valence-electron chi connectivity index (χ4n) is 3.69. The highest BCUT2D eigenvalue weighted by Gasteiger charge is 2.35. The highest BCUT2D eigenvalue weighted by molar-refractivity contribution is 7.08. The van der Waals surface area contributed by atoms with E-state index in [4.69, 9.17) is 11.6 Å². The van der Waals surface area contributed by atoms with E-state index in [9.17, 15) is 14.4 Å². The summed E-state index contributed by atoms with van der Waals surface area (Å²) >= 11 is 7.56. The van der Waals surface area contributed by atoms with Crippen LogP contribution < -0.4 is 5.32 Å². The summed E-state index contributed by atoms with van der Waals surface area (Å²) in [6.45, 7) is 2.10. The summed E-state index contributed by atoms with van der Waals surface area (Å²) in [5, 5.41) is 7.67. The van der Waals surface area contributed by atoms with Gasteiger partial charge in [-0.2, -0.15) is 11.3 Å². The predicted octanol–water partition coefficient (Wildman–Crippen LogP) is 4.99. The fourth-order valence-corrected chi connectivity index (χ4v) is 4.50. The van der Waals surface area contributed by atoms with Crippen molar-refractivity contribution >= 4 is 40.7 Å². The summed E-state index contributed by atoms with van der Waals surface area (Å²) in [4.78, 5) is 39.0. The lowest BCUT2D eigenvalue weighted by atomic mass is 10.0. The number of carbonyl (C=O) groups is 3. The van der Waals surface area contributed by atoms with Crippen molar-refractivity contribution in [1.82, 2.24) is 10.2 Å². The summed E-state index contributed by atoms with van der Waals surface area (Å²) in [6, 6.07) is 14.3. The zero-order valence-electron chi connectivity index (χ0n) is 16.9. The number of aryl methyl sites for hydroxylation is 1. The zero-order chi connectivity index (χ0) is 22.0. The first kappa shape index (κ1) is 21.3. The van der Waals surface area contributed by atoms with Gasteiger partial charge in [0.25, 0.3) is 11.8 Å². The first-order valence-electron chi connectivity index (χ1n) is 9.98. The molecule has 5 nitrogen and oxygen atoms in total. The van der Waals surface area contributed by atoms with Gasteiger partial charge in [-0.15, -0.1) is 0 Å². The number of carbonyl (C=O) groups excluding carboxylic acids is 3. The third kappa shape index (κ3) is 4.55. The second-order valence-corrected chi connectivity index (χ2v) is 8.74. The number of thiophene rings is 1. The van der Waals surface area contributed by atoms with E-state index in [-0.39, 0.29) is 36.7 Å². The van der Waals surface area contributed by atoms with Crippen LogP contribution in [-0.4, -0.2) is 29.2 Å². The molecular weight excluding hydrogens is 432 g/mol. The number of amides is 3. The molecule has 1 unspecified atom stereocenters. The second kappa shape index (κ2) is 9.04. The molecule has 1 aliphatic rings. The van der Waals surface area contributed by atoms with Gasteiger partial charge < -0.3 is 5.32 Å². The maximum atomic E-state index is 12.7. The van der Waals surface area contributed by atoms with Crippen molar-refractivity contribution in [3.05, 3.63) is 92.1 Å². The highest BCUT2D eigenvalue weighted by Crippen LogP contribution is 2.26. The van der Waals surface area contributed by atoms with Crippen LogP contribution >= 0.6 is 22.9 Å². The van der Waals surface area contributed by atoms with E-state index in [1.807, 2.05) is 41.9 Å². The highest BCUT2D eigenvalue weighted by atomic mass is 35.5. The number of hydrogen-bond acceptors (Lipinski definition) is 4. The number of hydrogen-bond donors (Lipinski definition) is 1. The van der Waals surface area contributed by atoms with Crippen LogP contribution in [0.25, 0.3) is 0 Å². The average molecular weight is 453 g/mol. The SMILES string of the molecule is Cc1ccc2c(c1)C(=O)N(CCCC(=O)NC(c1ccc(Cl)cc1)c1ccsc1)C2=O. The number of nitrogens with one attached hydrogen (secondary N) is 1. The molecule has 7 heteroatoms.